The molecule has 7 aromatic carbocycles. The fourth-order valence-electron chi connectivity index (χ4n) is 7.27. The predicted molar refractivity (Wildman–Crippen MR) is 197 cm³/mol. The number of furan rings is 1. The fourth-order valence-corrected chi connectivity index (χ4v) is 8.35. The number of fused-ring (bicyclic) bond motifs is 9. The number of thiophene rings is 1. The molecule has 3 heterocycles. The van der Waals surface area contributed by atoms with Crippen LogP contribution < -0.4 is 0 Å². The van der Waals surface area contributed by atoms with Gasteiger partial charge in [-0.2, -0.15) is 5.26 Å². The third-order valence-corrected chi connectivity index (χ3v) is 10.6. The largest absolute Gasteiger partial charge is 0.456 e. The first-order valence-electron chi connectivity index (χ1n) is 15.6. The molecule has 0 N–H and O–H groups in total. The van der Waals surface area contributed by atoms with E-state index in [2.05, 4.69) is 120 Å². The number of hydrogen-bond acceptors (Lipinski definition) is 3. The highest BCUT2D eigenvalue weighted by Gasteiger charge is 2.18. The first-order valence-corrected chi connectivity index (χ1v) is 16.5. The summed E-state index contributed by atoms with van der Waals surface area (Å²) in [5, 5.41) is 17.2. The normalized spacial score (nSPS) is 11.8. The number of aromatic nitrogens is 1. The molecule has 10 aromatic rings. The summed E-state index contributed by atoms with van der Waals surface area (Å²) in [5.41, 5.74) is 9.87. The van der Waals surface area contributed by atoms with Crippen molar-refractivity contribution >= 4 is 75.3 Å². The third kappa shape index (κ3) is 3.91. The second-order valence-corrected chi connectivity index (χ2v) is 13.1. The molecule has 0 saturated heterocycles. The first-order chi connectivity index (χ1) is 23.2. The lowest BCUT2D eigenvalue weighted by atomic mass is 9.94. The number of nitrogens with zero attached hydrogens (tertiary/aromatic N) is 2. The molecule has 4 heteroatoms. The zero-order valence-electron chi connectivity index (χ0n) is 25.1. The van der Waals surface area contributed by atoms with E-state index in [9.17, 15) is 5.26 Å². The zero-order chi connectivity index (χ0) is 31.1. The maximum atomic E-state index is 10.1. The Labute approximate surface area is 273 Å². The molecule has 10 rings (SSSR count). The quantitative estimate of drug-likeness (QED) is 0.198. The molecule has 0 aliphatic heterocycles. The lowest BCUT2D eigenvalue weighted by molar-refractivity contribution is 0.669. The van der Waals surface area contributed by atoms with Crippen LogP contribution in [0.25, 0.3) is 91.9 Å². The molecule has 0 atom stereocenters. The Morgan fingerprint density at radius 1 is 0.489 bits per heavy atom. The van der Waals surface area contributed by atoms with Crippen molar-refractivity contribution in [3.05, 3.63) is 151 Å². The number of benzene rings is 7. The van der Waals surface area contributed by atoms with Crippen molar-refractivity contribution in [2.45, 2.75) is 0 Å². The summed E-state index contributed by atoms with van der Waals surface area (Å²) in [6.45, 7) is 0. The Kier molecular flexibility index (Phi) is 5.51. The van der Waals surface area contributed by atoms with Crippen LogP contribution in [0.15, 0.2) is 150 Å². The van der Waals surface area contributed by atoms with E-state index in [1.165, 1.54) is 25.6 Å². The average Bonchev–Trinajstić information content (AvgIpc) is 3.79. The molecule has 0 amide bonds. The Morgan fingerprint density at radius 2 is 1.23 bits per heavy atom. The Bertz CT molecular complexity index is 2930. The molecule has 3 aromatic heterocycles. The second-order valence-electron chi connectivity index (χ2n) is 12.1. The number of para-hydroxylation sites is 2. The van der Waals surface area contributed by atoms with Gasteiger partial charge in [-0.1, -0.05) is 78.9 Å². The SMILES string of the molecule is N#Cc1ccccc1-c1cc(-c2ccc3sc4ccccc4c3c2)cc(-n2c3ccccc3c3cc4oc5ccccc5c4cc32)c1. The summed E-state index contributed by atoms with van der Waals surface area (Å²) in [6, 6.07) is 53.7. The van der Waals surface area contributed by atoms with Crippen LogP contribution in [-0.4, -0.2) is 4.57 Å². The summed E-state index contributed by atoms with van der Waals surface area (Å²) >= 11 is 1.83. The zero-order valence-corrected chi connectivity index (χ0v) is 25.9. The van der Waals surface area contributed by atoms with Crippen LogP contribution in [-0.2, 0) is 0 Å². The van der Waals surface area contributed by atoms with Crippen molar-refractivity contribution in [2.75, 3.05) is 0 Å². The van der Waals surface area contributed by atoms with Crippen LogP contribution in [0.4, 0.5) is 0 Å². The molecule has 0 bridgehead atoms. The van der Waals surface area contributed by atoms with Crippen molar-refractivity contribution in [3.63, 3.8) is 0 Å². The van der Waals surface area contributed by atoms with Crippen LogP contribution in [0.5, 0.6) is 0 Å². The van der Waals surface area contributed by atoms with Gasteiger partial charge >= 0.3 is 0 Å². The molecule has 0 saturated carbocycles. The number of nitriles is 1. The van der Waals surface area contributed by atoms with Crippen molar-refractivity contribution in [3.8, 4) is 34.0 Å². The Balaban J connectivity index is 1.30. The standard InChI is InChI=1S/C43H24N2OS/c44-25-27-9-1-2-10-31(27)29-19-28(26-17-18-43-37(22-26)34-13-5-8-16-42(34)47-43)20-30(21-29)45-38-14-6-3-11-32(38)35-24-41-36(23-39(35)45)33-12-4-7-15-40(33)46-41/h1-24H. The fraction of sp³-hybridized carbons (Fsp3) is 0. The number of hydrogen-bond donors (Lipinski definition) is 0. The third-order valence-electron chi connectivity index (χ3n) is 9.42. The van der Waals surface area contributed by atoms with E-state index in [1.807, 2.05) is 47.7 Å². The van der Waals surface area contributed by atoms with Gasteiger partial charge in [-0.3, -0.25) is 0 Å². The van der Waals surface area contributed by atoms with Crippen molar-refractivity contribution in [1.82, 2.24) is 4.57 Å². The highest BCUT2D eigenvalue weighted by atomic mass is 32.1. The molecule has 0 fully saturated rings. The van der Waals surface area contributed by atoms with Gasteiger partial charge in [0.25, 0.3) is 0 Å². The molecule has 0 aliphatic carbocycles. The summed E-state index contributed by atoms with van der Waals surface area (Å²) in [7, 11) is 0. The minimum atomic E-state index is 0.656. The minimum Gasteiger partial charge on any atom is -0.456 e. The average molecular weight is 617 g/mol. The summed E-state index contributed by atoms with van der Waals surface area (Å²) in [6.07, 6.45) is 0. The lowest BCUT2D eigenvalue weighted by Gasteiger charge is -2.15. The van der Waals surface area contributed by atoms with E-state index in [-0.39, 0.29) is 0 Å². The predicted octanol–water partition coefficient (Wildman–Crippen LogP) is 12.3. The lowest BCUT2D eigenvalue weighted by Crippen LogP contribution is -1.96. The van der Waals surface area contributed by atoms with Gasteiger partial charge in [-0.15, -0.1) is 11.3 Å². The molecule has 0 unspecified atom stereocenters. The van der Waals surface area contributed by atoms with Gasteiger partial charge in [0, 0.05) is 47.4 Å². The topological polar surface area (TPSA) is 41.9 Å². The second kappa shape index (κ2) is 9.92. The molecule has 218 valence electrons. The van der Waals surface area contributed by atoms with Crippen molar-refractivity contribution < 1.29 is 4.42 Å². The summed E-state index contributed by atoms with van der Waals surface area (Å²) in [4.78, 5) is 0. The Hall–Kier alpha value is -6.15. The van der Waals surface area contributed by atoms with E-state index in [0.717, 1.165) is 66.3 Å². The van der Waals surface area contributed by atoms with E-state index < -0.39 is 0 Å². The summed E-state index contributed by atoms with van der Waals surface area (Å²) in [5.74, 6) is 0. The van der Waals surface area contributed by atoms with E-state index in [1.54, 1.807) is 0 Å². The van der Waals surface area contributed by atoms with Crippen LogP contribution in [0, 0.1) is 11.3 Å². The minimum absolute atomic E-state index is 0.656. The molecular formula is C43H24N2OS. The van der Waals surface area contributed by atoms with Crippen molar-refractivity contribution in [2.24, 2.45) is 0 Å². The van der Waals surface area contributed by atoms with Crippen LogP contribution in [0.1, 0.15) is 5.56 Å². The molecular weight excluding hydrogens is 593 g/mol. The van der Waals surface area contributed by atoms with Crippen molar-refractivity contribution in [1.29, 1.82) is 5.26 Å². The van der Waals surface area contributed by atoms with Crippen LogP contribution in [0.2, 0.25) is 0 Å². The van der Waals surface area contributed by atoms with Gasteiger partial charge in [0.1, 0.15) is 11.2 Å². The van der Waals surface area contributed by atoms with Gasteiger partial charge in [0.15, 0.2) is 0 Å². The van der Waals surface area contributed by atoms with Crippen LogP contribution >= 0.6 is 11.3 Å². The molecule has 0 aliphatic rings. The summed E-state index contributed by atoms with van der Waals surface area (Å²) < 4.78 is 11.3. The van der Waals surface area contributed by atoms with Gasteiger partial charge < -0.3 is 8.98 Å². The van der Waals surface area contributed by atoms with Gasteiger partial charge in [0.2, 0.25) is 0 Å². The molecule has 0 spiro atoms. The van der Waals surface area contributed by atoms with E-state index >= 15 is 0 Å². The highest BCUT2D eigenvalue weighted by molar-refractivity contribution is 7.25. The maximum absolute atomic E-state index is 10.1. The molecule has 47 heavy (non-hydrogen) atoms. The number of rotatable bonds is 3. The van der Waals surface area contributed by atoms with Crippen LogP contribution in [0.3, 0.4) is 0 Å². The smallest absolute Gasteiger partial charge is 0.136 e. The molecule has 0 radical (unpaired) electrons. The van der Waals surface area contributed by atoms with E-state index in [4.69, 9.17) is 4.42 Å². The highest BCUT2D eigenvalue weighted by Crippen LogP contribution is 2.41. The van der Waals surface area contributed by atoms with Gasteiger partial charge in [-0.05, 0) is 89.0 Å². The van der Waals surface area contributed by atoms with E-state index in [0.29, 0.717) is 5.56 Å². The maximum Gasteiger partial charge on any atom is 0.136 e. The first kappa shape index (κ1) is 26.1. The molecule has 3 nitrogen and oxygen atoms in total. The van der Waals surface area contributed by atoms with Gasteiger partial charge in [-0.25, -0.2) is 0 Å². The van der Waals surface area contributed by atoms with Gasteiger partial charge in [0.05, 0.1) is 22.7 Å². The Morgan fingerprint density at radius 3 is 2.15 bits per heavy atom. The monoisotopic (exact) mass is 616 g/mol.